The highest BCUT2D eigenvalue weighted by atomic mass is 19.4. The number of likely N-dealkylation sites (N-methyl/N-ethyl adjacent to an activating group) is 1. The van der Waals surface area contributed by atoms with Gasteiger partial charge in [-0.05, 0) is 25.5 Å². The third-order valence-electron chi connectivity index (χ3n) is 3.19. The molecule has 1 aliphatic heterocycles. The lowest BCUT2D eigenvalue weighted by Crippen LogP contribution is -2.44. The van der Waals surface area contributed by atoms with Crippen molar-refractivity contribution in [1.82, 2.24) is 0 Å². The van der Waals surface area contributed by atoms with Crippen LogP contribution in [0.1, 0.15) is 25.0 Å². The minimum Gasteiger partial charge on any atom is -0.227 e. The summed E-state index contributed by atoms with van der Waals surface area (Å²) in [7, 11) is 1.50. The van der Waals surface area contributed by atoms with Crippen LogP contribution >= 0.6 is 0 Å². The van der Waals surface area contributed by atoms with Crippen LogP contribution in [0, 0.1) is 0 Å². The van der Waals surface area contributed by atoms with E-state index in [0.717, 1.165) is 5.56 Å². The van der Waals surface area contributed by atoms with E-state index in [2.05, 4.69) is 0 Å². The molecular formula is C13H15F3N+. The monoisotopic (exact) mass is 242 g/mol. The van der Waals surface area contributed by atoms with Crippen LogP contribution in [0.2, 0.25) is 0 Å². The van der Waals surface area contributed by atoms with Gasteiger partial charge in [0.05, 0.1) is 5.56 Å². The first-order valence-corrected chi connectivity index (χ1v) is 5.48. The van der Waals surface area contributed by atoms with E-state index in [0.29, 0.717) is 12.1 Å². The maximum atomic E-state index is 13.0. The summed E-state index contributed by atoms with van der Waals surface area (Å²) in [5.74, 6) is 0. The van der Waals surface area contributed by atoms with Gasteiger partial charge in [0.1, 0.15) is 7.05 Å². The third kappa shape index (κ3) is 1.96. The van der Waals surface area contributed by atoms with E-state index in [4.69, 9.17) is 0 Å². The Morgan fingerprint density at radius 1 is 1.18 bits per heavy atom. The number of halogens is 3. The summed E-state index contributed by atoms with van der Waals surface area (Å²) in [5.41, 5.74) is 0.275. The van der Waals surface area contributed by atoms with Crippen LogP contribution in [0.25, 0.3) is 0 Å². The standard InChI is InChI=1S/C13H15F3N/c1-12(2)8-17(3)11(13(14,15)16)9-6-4-5-7-10(9)12/h4-7H,8H2,1-3H3/q+1. The van der Waals surface area contributed by atoms with Crippen LogP contribution in [-0.4, -0.2) is 30.1 Å². The summed E-state index contributed by atoms with van der Waals surface area (Å²) in [6, 6.07) is 6.78. The number of alkyl halides is 3. The van der Waals surface area contributed by atoms with Gasteiger partial charge in [0.25, 0.3) is 5.71 Å². The molecule has 92 valence electrons. The van der Waals surface area contributed by atoms with Crippen LogP contribution in [0.3, 0.4) is 0 Å². The molecule has 0 N–H and O–H groups in total. The third-order valence-corrected chi connectivity index (χ3v) is 3.19. The van der Waals surface area contributed by atoms with Gasteiger partial charge in [-0.3, -0.25) is 0 Å². The summed E-state index contributed by atoms with van der Waals surface area (Å²) in [5, 5.41) is 0. The van der Waals surface area contributed by atoms with Crippen molar-refractivity contribution in [2.24, 2.45) is 0 Å². The zero-order valence-corrected chi connectivity index (χ0v) is 10.1. The lowest BCUT2D eigenvalue weighted by atomic mass is 9.78. The fourth-order valence-electron chi connectivity index (χ4n) is 2.61. The van der Waals surface area contributed by atoms with E-state index in [1.54, 1.807) is 24.3 Å². The first-order valence-electron chi connectivity index (χ1n) is 5.48. The Hall–Kier alpha value is -1.32. The molecule has 2 rings (SSSR count). The van der Waals surface area contributed by atoms with Gasteiger partial charge < -0.3 is 0 Å². The summed E-state index contributed by atoms with van der Waals surface area (Å²) >= 11 is 0. The molecule has 0 saturated carbocycles. The van der Waals surface area contributed by atoms with Crippen LogP contribution in [-0.2, 0) is 5.41 Å². The van der Waals surface area contributed by atoms with Crippen molar-refractivity contribution >= 4 is 5.71 Å². The molecule has 0 radical (unpaired) electrons. The number of hydrogen-bond donors (Lipinski definition) is 0. The molecule has 0 spiro atoms. The van der Waals surface area contributed by atoms with Crippen molar-refractivity contribution < 1.29 is 17.7 Å². The van der Waals surface area contributed by atoms with E-state index in [-0.39, 0.29) is 5.41 Å². The van der Waals surface area contributed by atoms with Gasteiger partial charge in [-0.25, -0.2) is 4.58 Å². The fraction of sp³-hybridized carbons (Fsp3) is 0.462. The summed E-state index contributed by atoms with van der Waals surface area (Å²) < 4.78 is 40.4. The van der Waals surface area contributed by atoms with Crippen molar-refractivity contribution in [3.63, 3.8) is 0 Å². The van der Waals surface area contributed by atoms with Crippen molar-refractivity contribution in [3.05, 3.63) is 35.4 Å². The lowest BCUT2D eigenvalue weighted by Gasteiger charge is -2.30. The zero-order valence-electron chi connectivity index (χ0n) is 10.1. The second kappa shape index (κ2) is 3.59. The van der Waals surface area contributed by atoms with Gasteiger partial charge in [-0.1, -0.05) is 18.2 Å². The highest BCUT2D eigenvalue weighted by Gasteiger charge is 2.49. The normalized spacial score (nSPS) is 19.2. The number of fused-ring (bicyclic) bond motifs is 1. The van der Waals surface area contributed by atoms with Gasteiger partial charge in [0.2, 0.25) is 0 Å². The Morgan fingerprint density at radius 3 is 2.35 bits per heavy atom. The molecule has 0 amide bonds. The highest BCUT2D eigenvalue weighted by molar-refractivity contribution is 6.03. The minimum absolute atomic E-state index is 0.264. The summed E-state index contributed by atoms with van der Waals surface area (Å²) in [4.78, 5) is 0. The maximum Gasteiger partial charge on any atom is 0.477 e. The molecular weight excluding hydrogens is 227 g/mol. The Kier molecular flexibility index (Phi) is 2.56. The average Bonchev–Trinajstić information content (AvgIpc) is 2.14. The first-order chi connectivity index (χ1) is 7.73. The van der Waals surface area contributed by atoms with E-state index >= 15 is 0 Å². The first kappa shape index (κ1) is 12.1. The van der Waals surface area contributed by atoms with Gasteiger partial charge in [-0.2, -0.15) is 13.2 Å². The minimum atomic E-state index is -4.30. The predicted octanol–water partition coefficient (Wildman–Crippen LogP) is 2.97. The van der Waals surface area contributed by atoms with E-state index in [1.807, 2.05) is 13.8 Å². The van der Waals surface area contributed by atoms with Crippen LogP contribution in [0.5, 0.6) is 0 Å². The Labute approximate surface area is 98.6 Å². The van der Waals surface area contributed by atoms with Gasteiger partial charge >= 0.3 is 6.18 Å². The van der Waals surface area contributed by atoms with Gasteiger partial charge in [0, 0.05) is 5.41 Å². The molecule has 1 nitrogen and oxygen atoms in total. The number of nitrogens with zero attached hydrogens (tertiary/aromatic N) is 1. The van der Waals surface area contributed by atoms with Gasteiger partial charge in [-0.15, -0.1) is 0 Å². The zero-order chi connectivity index (χ0) is 12.8. The topological polar surface area (TPSA) is 3.01 Å². The average molecular weight is 242 g/mol. The Morgan fingerprint density at radius 2 is 1.76 bits per heavy atom. The SMILES string of the molecule is C[N+]1=C(C(F)(F)F)c2ccccc2C(C)(C)C1. The molecule has 0 aromatic heterocycles. The molecule has 0 fully saturated rings. The van der Waals surface area contributed by atoms with Crippen molar-refractivity contribution in [1.29, 1.82) is 0 Å². The van der Waals surface area contributed by atoms with Gasteiger partial charge in [0.15, 0.2) is 6.54 Å². The molecule has 17 heavy (non-hydrogen) atoms. The quantitative estimate of drug-likeness (QED) is 0.615. The second-order valence-electron chi connectivity index (χ2n) is 5.13. The van der Waals surface area contributed by atoms with Crippen molar-refractivity contribution in [3.8, 4) is 0 Å². The predicted molar refractivity (Wildman–Crippen MR) is 60.7 cm³/mol. The number of benzene rings is 1. The van der Waals surface area contributed by atoms with Crippen molar-refractivity contribution in [2.75, 3.05) is 13.6 Å². The number of rotatable bonds is 0. The van der Waals surface area contributed by atoms with E-state index in [1.165, 1.54) is 11.6 Å². The molecule has 1 heterocycles. The molecule has 4 heteroatoms. The maximum absolute atomic E-state index is 13.0. The van der Waals surface area contributed by atoms with Crippen molar-refractivity contribution in [2.45, 2.75) is 25.4 Å². The van der Waals surface area contributed by atoms with Crippen LogP contribution < -0.4 is 0 Å². The summed E-state index contributed by atoms with van der Waals surface area (Å²) in [6.45, 7) is 4.31. The molecule has 0 aliphatic carbocycles. The molecule has 0 saturated heterocycles. The number of hydrogen-bond acceptors (Lipinski definition) is 0. The summed E-state index contributed by atoms with van der Waals surface area (Å²) in [6.07, 6.45) is -4.30. The van der Waals surface area contributed by atoms with E-state index in [9.17, 15) is 13.2 Å². The molecule has 1 aromatic carbocycles. The molecule has 0 bridgehead atoms. The lowest BCUT2D eigenvalue weighted by molar-refractivity contribution is -0.515. The largest absolute Gasteiger partial charge is 0.477 e. The molecule has 0 atom stereocenters. The Bertz CT molecular complexity index is 484. The highest BCUT2D eigenvalue weighted by Crippen LogP contribution is 2.35. The van der Waals surface area contributed by atoms with E-state index < -0.39 is 11.9 Å². The molecule has 1 aliphatic rings. The van der Waals surface area contributed by atoms with Crippen LogP contribution in [0.4, 0.5) is 13.2 Å². The smallest absolute Gasteiger partial charge is 0.227 e. The fourth-order valence-corrected chi connectivity index (χ4v) is 2.61. The molecule has 1 aromatic rings. The Balaban J connectivity index is 2.71. The van der Waals surface area contributed by atoms with Crippen LogP contribution in [0.15, 0.2) is 24.3 Å². The molecule has 0 unspecified atom stereocenters. The second-order valence-corrected chi connectivity index (χ2v) is 5.13.